The molecule has 160 valence electrons. The van der Waals surface area contributed by atoms with E-state index in [4.69, 9.17) is 4.74 Å². The second-order valence-corrected chi connectivity index (χ2v) is 8.67. The number of anilines is 1. The number of nitrogens with one attached hydrogen (secondary N) is 1. The molecule has 1 aromatic carbocycles. The van der Waals surface area contributed by atoms with Crippen molar-refractivity contribution in [1.29, 1.82) is 0 Å². The molecule has 2 rings (SSSR count). The molecule has 7 nitrogen and oxygen atoms in total. The van der Waals surface area contributed by atoms with Gasteiger partial charge >= 0.3 is 6.09 Å². The molecule has 0 spiro atoms. The molecule has 1 fully saturated rings. The van der Waals surface area contributed by atoms with Crippen molar-refractivity contribution in [3.8, 4) is 0 Å². The third kappa shape index (κ3) is 7.07. The van der Waals surface area contributed by atoms with Crippen LogP contribution in [0.2, 0.25) is 0 Å². The second kappa shape index (κ2) is 9.76. The average molecular weight is 404 g/mol. The predicted octanol–water partition coefficient (Wildman–Crippen LogP) is 3.90. The van der Waals surface area contributed by atoms with Crippen molar-refractivity contribution < 1.29 is 19.1 Å². The van der Waals surface area contributed by atoms with Gasteiger partial charge in [0.1, 0.15) is 12.1 Å². The van der Waals surface area contributed by atoms with Gasteiger partial charge in [-0.3, -0.25) is 9.59 Å². The standard InChI is InChI=1S/C22H33N3O4/c1-22(2,3)29-21(28)24(4)15-19(26)23-17-13-11-16(12-14-17)20(27)25(5)18-9-7-6-8-10-18/h11-14,18H,6-10,15H2,1-5H3,(H,23,26). The maximum absolute atomic E-state index is 12.7. The Morgan fingerprint density at radius 1 is 1.03 bits per heavy atom. The van der Waals surface area contributed by atoms with E-state index >= 15 is 0 Å². The maximum atomic E-state index is 12.7. The van der Waals surface area contributed by atoms with E-state index in [0.29, 0.717) is 17.3 Å². The Morgan fingerprint density at radius 3 is 2.17 bits per heavy atom. The van der Waals surface area contributed by atoms with E-state index in [1.54, 1.807) is 45.0 Å². The van der Waals surface area contributed by atoms with Crippen LogP contribution < -0.4 is 5.32 Å². The van der Waals surface area contributed by atoms with Gasteiger partial charge in [0, 0.05) is 31.4 Å². The summed E-state index contributed by atoms with van der Waals surface area (Å²) in [4.78, 5) is 39.9. The molecule has 7 heteroatoms. The Kier molecular flexibility index (Phi) is 7.65. The van der Waals surface area contributed by atoms with Gasteiger partial charge in [-0.15, -0.1) is 0 Å². The van der Waals surface area contributed by atoms with E-state index in [-0.39, 0.29) is 18.4 Å². The van der Waals surface area contributed by atoms with E-state index < -0.39 is 11.7 Å². The van der Waals surface area contributed by atoms with Gasteiger partial charge in [-0.2, -0.15) is 0 Å². The summed E-state index contributed by atoms with van der Waals surface area (Å²) in [6.45, 7) is 5.19. The Hall–Kier alpha value is -2.57. The van der Waals surface area contributed by atoms with Gasteiger partial charge in [0.05, 0.1) is 0 Å². The summed E-state index contributed by atoms with van der Waals surface area (Å²) in [7, 11) is 3.37. The molecular weight excluding hydrogens is 370 g/mol. The van der Waals surface area contributed by atoms with Crippen LogP contribution in [-0.2, 0) is 9.53 Å². The highest BCUT2D eigenvalue weighted by molar-refractivity contribution is 5.96. The van der Waals surface area contributed by atoms with Crippen LogP contribution in [0.15, 0.2) is 24.3 Å². The largest absolute Gasteiger partial charge is 0.444 e. The third-order valence-electron chi connectivity index (χ3n) is 4.94. The van der Waals surface area contributed by atoms with E-state index in [1.165, 1.54) is 31.2 Å². The number of amides is 3. The third-order valence-corrected chi connectivity index (χ3v) is 4.94. The molecule has 1 aliphatic carbocycles. The number of ether oxygens (including phenoxy) is 1. The summed E-state index contributed by atoms with van der Waals surface area (Å²) < 4.78 is 5.23. The number of carbonyl (C=O) groups is 3. The van der Waals surface area contributed by atoms with Crippen molar-refractivity contribution >= 4 is 23.6 Å². The minimum atomic E-state index is -0.616. The molecule has 0 atom stereocenters. The summed E-state index contributed by atoms with van der Waals surface area (Å²) in [6, 6.07) is 7.14. The lowest BCUT2D eigenvalue weighted by molar-refractivity contribution is -0.117. The van der Waals surface area contributed by atoms with Crippen LogP contribution in [0.1, 0.15) is 63.2 Å². The summed E-state index contributed by atoms with van der Waals surface area (Å²) in [6.07, 6.45) is 5.15. The molecule has 1 aliphatic rings. The van der Waals surface area contributed by atoms with E-state index in [9.17, 15) is 14.4 Å². The van der Waals surface area contributed by atoms with Crippen molar-refractivity contribution in [3.05, 3.63) is 29.8 Å². The molecule has 0 radical (unpaired) electrons. The van der Waals surface area contributed by atoms with Gasteiger partial charge in [0.25, 0.3) is 5.91 Å². The lowest BCUT2D eigenvalue weighted by Gasteiger charge is -2.31. The first-order valence-electron chi connectivity index (χ1n) is 10.2. The highest BCUT2D eigenvalue weighted by atomic mass is 16.6. The van der Waals surface area contributed by atoms with Crippen LogP contribution in [-0.4, -0.2) is 60.0 Å². The van der Waals surface area contributed by atoms with Gasteiger partial charge in [-0.25, -0.2) is 4.79 Å². The number of rotatable bonds is 5. The molecule has 1 N–H and O–H groups in total. The van der Waals surface area contributed by atoms with Gasteiger partial charge in [-0.05, 0) is 57.9 Å². The minimum Gasteiger partial charge on any atom is -0.444 e. The van der Waals surface area contributed by atoms with Crippen LogP contribution in [0.5, 0.6) is 0 Å². The number of nitrogens with zero attached hydrogens (tertiary/aromatic N) is 2. The van der Waals surface area contributed by atoms with E-state index in [2.05, 4.69) is 5.32 Å². The number of benzene rings is 1. The summed E-state index contributed by atoms with van der Waals surface area (Å²) in [5.74, 6) is -0.337. The second-order valence-electron chi connectivity index (χ2n) is 8.67. The Bertz CT molecular complexity index is 719. The van der Waals surface area contributed by atoms with Crippen LogP contribution in [0.3, 0.4) is 0 Å². The molecule has 0 aliphatic heterocycles. The zero-order valence-electron chi connectivity index (χ0n) is 18.2. The van der Waals surface area contributed by atoms with Crippen molar-refractivity contribution in [2.24, 2.45) is 0 Å². The topological polar surface area (TPSA) is 79.0 Å². The predicted molar refractivity (Wildman–Crippen MR) is 113 cm³/mol. The van der Waals surface area contributed by atoms with Crippen molar-refractivity contribution in [2.75, 3.05) is 26.0 Å². The quantitative estimate of drug-likeness (QED) is 0.809. The van der Waals surface area contributed by atoms with Crippen LogP contribution in [0.25, 0.3) is 0 Å². The summed E-state index contributed by atoms with van der Waals surface area (Å²) >= 11 is 0. The normalized spacial score (nSPS) is 14.8. The maximum Gasteiger partial charge on any atom is 0.410 e. The van der Waals surface area contributed by atoms with Crippen LogP contribution in [0, 0.1) is 0 Å². The first kappa shape index (κ1) is 22.7. The molecule has 0 unspecified atom stereocenters. The zero-order valence-corrected chi connectivity index (χ0v) is 18.2. The molecule has 0 bridgehead atoms. The Morgan fingerprint density at radius 2 is 1.62 bits per heavy atom. The highest BCUT2D eigenvalue weighted by Crippen LogP contribution is 2.23. The lowest BCUT2D eigenvalue weighted by Crippen LogP contribution is -2.39. The van der Waals surface area contributed by atoms with Gasteiger partial charge in [0.2, 0.25) is 5.91 Å². The van der Waals surface area contributed by atoms with Gasteiger partial charge in [-0.1, -0.05) is 19.3 Å². The molecule has 0 aromatic heterocycles. The molecule has 0 heterocycles. The van der Waals surface area contributed by atoms with E-state index in [0.717, 1.165) is 12.8 Å². The van der Waals surface area contributed by atoms with Crippen LogP contribution >= 0.6 is 0 Å². The molecule has 1 saturated carbocycles. The SMILES string of the molecule is CN(CC(=O)Nc1ccc(C(=O)N(C)C2CCCCC2)cc1)C(=O)OC(C)(C)C. The molecular formula is C22H33N3O4. The molecule has 0 saturated heterocycles. The molecule has 1 aromatic rings. The van der Waals surface area contributed by atoms with Gasteiger partial charge < -0.3 is 19.9 Å². The number of hydrogen-bond acceptors (Lipinski definition) is 4. The zero-order chi connectivity index (χ0) is 21.6. The fourth-order valence-electron chi connectivity index (χ4n) is 3.35. The number of likely N-dealkylation sites (N-methyl/N-ethyl adjacent to an activating group) is 1. The number of carbonyl (C=O) groups excluding carboxylic acids is 3. The summed E-state index contributed by atoms with van der Waals surface area (Å²) in [5, 5.41) is 2.74. The van der Waals surface area contributed by atoms with Crippen LogP contribution in [0.4, 0.5) is 10.5 Å². The fourth-order valence-corrected chi connectivity index (χ4v) is 3.35. The summed E-state index contributed by atoms with van der Waals surface area (Å²) in [5.41, 5.74) is 0.556. The van der Waals surface area contributed by atoms with Crippen molar-refractivity contribution in [3.63, 3.8) is 0 Å². The monoisotopic (exact) mass is 403 g/mol. The minimum absolute atomic E-state index is 0.000523. The first-order chi connectivity index (χ1) is 13.6. The Balaban J connectivity index is 1.88. The van der Waals surface area contributed by atoms with Gasteiger partial charge in [0.15, 0.2) is 0 Å². The molecule has 3 amide bonds. The van der Waals surface area contributed by atoms with E-state index in [1.807, 2.05) is 11.9 Å². The average Bonchev–Trinajstić information content (AvgIpc) is 2.66. The Labute approximate surface area is 173 Å². The smallest absolute Gasteiger partial charge is 0.410 e. The fraction of sp³-hybridized carbons (Fsp3) is 0.591. The highest BCUT2D eigenvalue weighted by Gasteiger charge is 2.23. The lowest BCUT2D eigenvalue weighted by atomic mass is 9.94. The van der Waals surface area contributed by atoms with Crippen molar-refractivity contribution in [2.45, 2.75) is 64.5 Å². The molecule has 29 heavy (non-hydrogen) atoms. The number of hydrogen-bond donors (Lipinski definition) is 1. The first-order valence-corrected chi connectivity index (χ1v) is 10.2. The van der Waals surface area contributed by atoms with Crippen molar-refractivity contribution in [1.82, 2.24) is 9.80 Å².